The maximum Gasteiger partial charge on any atom is 0.0578 e. The van der Waals surface area contributed by atoms with E-state index in [1.165, 1.54) is 50.0 Å². The maximum absolute atomic E-state index is 3.92. The summed E-state index contributed by atoms with van der Waals surface area (Å²) in [7, 11) is 0. The summed E-state index contributed by atoms with van der Waals surface area (Å²) in [6.07, 6.45) is 3.75. The van der Waals surface area contributed by atoms with Crippen LogP contribution in [0.1, 0.15) is 43.4 Å². The van der Waals surface area contributed by atoms with Crippen molar-refractivity contribution in [2.75, 3.05) is 19.6 Å². The van der Waals surface area contributed by atoms with E-state index in [2.05, 4.69) is 77.8 Å². The molecule has 0 amide bonds. The summed E-state index contributed by atoms with van der Waals surface area (Å²) in [5, 5.41) is 3.92. The second kappa shape index (κ2) is 8.28. The maximum atomic E-state index is 3.92. The van der Waals surface area contributed by atoms with Crippen LogP contribution < -0.4 is 5.32 Å². The Hall–Kier alpha value is -1.64. The average molecular weight is 308 g/mol. The molecule has 2 heteroatoms. The summed E-state index contributed by atoms with van der Waals surface area (Å²) in [4.78, 5) is 2.60. The fourth-order valence-electron chi connectivity index (χ4n) is 3.55. The van der Waals surface area contributed by atoms with E-state index in [1.54, 1.807) is 0 Å². The molecule has 1 aliphatic heterocycles. The van der Waals surface area contributed by atoms with Crippen LogP contribution in [-0.4, -0.2) is 30.6 Å². The Morgan fingerprint density at radius 2 is 1.43 bits per heavy atom. The Bertz CT molecular complexity index is 519. The number of hydrogen-bond donors (Lipinski definition) is 1. The lowest BCUT2D eigenvalue weighted by molar-refractivity contribution is 0.194. The average Bonchev–Trinajstić information content (AvgIpc) is 2.63. The number of piperidine rings is 1. The van der Waals surface area contributed by atoms with E-state index in [0.29, 0.717) is 12.1 Å². The smallest absolute Gasteiger partial charge is 0.0578 e. The van der Waals surface area contributed by atoms with Crippen LogP contribution in [-0.2, 0) is 0 Å². The molecule has 3 rings (SSSR count). The van der Waals surface area contributed by atoms with Crippen LogP contribution in [0.3, 0.4) is 0 Å². The monoisotopic (exact) mass is 308 g/mol. The molecule has 0 aliphatic carbocycles. The number of nitrogens with zero attached hydrogens (tertiary/aromatic N) is 1. The highest BCUT2D eigenvalue weighted by Gasteiger charge is 2.22. The topological polar surface area (TPSA) is 15.3 Å². The quantitative estimate of drug-likeness (QED) is 0.858. The van der Waals surface area contributed by atoms with Gasteiger partial charge in [0, 0.05) is 6.04 Å². The van der Waals surface area contributed by atoms with Gasteiger partial charge >= 0.3 is 0 Å². The second-order valence-electron chi connectivity index (χ2n) is 6.54. The number of hydrogen-bond acceptors (Lipinski definition) is 2. The molecule has 0 aromatic heterocycles. The number of rotatable bonds is 6. The summed E-state index contributed by atoms with van der Waals surface area (Å²) < 4.78 is 0. The van der Waals surface area contributed by atoms with Crippen molar-refractivity contribution in [1.29, 1.82) is 0 Å². The summed E-state index contributed by atoms with van der Waals surface area (Å²) in [6, 6.07) is 22.6. The van der Waals surface area contributed by atoms with Gasteiger partial charge in [-0.05, 0) is 50.0 Å². The summed E-state index contributed by atoms with van der Waals surface area (Å²) in [5.74, 6) is 0. The van der Waals surface area contributed by atoms with E-state index in [4.69, 9.17) is 0 Å². The molecular formula is C21H28N2. The zero-order valence-electron chi connectivity index (χ0n) is 14.1. The molecule has 0 unspecified atom stereocenters. The molecule has 1 fully saturated rings. The highest BCUT2D eigenvalue weighted by Crippen LogP contribution is 2.24. The van der Waals surface area contributed by atoms with Crippen LogP contribution in [0.15, 0.2) is 60.7 Å². The first-order chi connectivity index (χ1) is 11.4. The lowest BCUT2D eigenvalue weighted by Crippen LogP contribution is -2.44. The van der Waals surface area contributed by atoms with Crippen molar-refractivity contribution in [2.24, 2.45) is 0 Å². The molecule has 0 radical (unpaired) electrons. The van der Waals surface area contributed by atoms with Gasteiger partial charge in [0.2, 0.25) is 0 Å². The standard InChI is InChI=1S/C21H28N2/c1-2-15-23-16-13-20(14-17-23)22-21(18-9-5-3-6-10-18)19-11-7-4-8-12-19/h3-12,20-22H,2,13-17H2,1H3. The number of likely N-dealkylation sites (tertiary alicyclic amines) is 1. The van der Waals surface area contributed by atoms with Crippen molar-refractivity contribution in [3.05, 3.63) is 71.8 Å². The van der Waals surface area contributed by atoms with Crippen molar-refractivity contribution in [3.8, 4) is 0 Å². The molecule has 2 aromatic rings. The van der Waals surface area contributed by atoms with E-state index in [0.717, 1.165) is 0 Å². The fourth-order valence-corrected chi connectivity index (χ4v) is 3.55. The Morgan fingerprint density at radius 1 is 0.913 bits per heavy atom. The highest BCUT2D eigenvalue weighted by molar-refractivity contribution is 5.31. The molecular weight excluding hydrogens is 280 g/mol. The normalized spacial score (nSPS) is 16.8. The first kappa shape index (κ1) is 16.2. The zero-order chi connectivity index (χ0) is 15.9. The molecule has 0 saturated carbocycles. The van der Waals surface area contributed by atoms with Gasteiger partial charge in [-0.3, -0.25) is 0 Å². The number of benzene rings is 2. The lowest BCUT2D eigenvalue weighted by atomic mass is 9.95. The molecule has 1 heterocycles. The van der Waals surface area contributed by atoms with Gasteiger partial charge in [-0.2, -0.15) is 0 Å². The van der Waals surface area contributed by atoms with Crippen LogP contribution in [0.5, 0.6) is 0 Å². The molecule has 0 spiro atoms. The second-order valence-corrected chi connectivity index (χ2v) is 6.54. The predicted octanol–water partition coefficient (Wildman–Crippen LogP) is 4.24. The molecule has 2 aromatic carbocycles. The first-order valence-corrected chi connectivity index (χ1v) is 8.95. The van der Waals surface area contributed by atoms with Crippen molar-refractivity contribution in [2.45, 2.75) is 38.3 Å². The Balaban J connectivity index is 1.70. The van der Waals surface area contributed by atoms with Gasteiger partial charge in [-0.1, -0.05) is 67.6 Å². The van der Waals surface area contributed by atoms with Crippen molar-refractivity contribution < 1.29 is 0 Å². The third-order valence-electron chi connectivity index (χ3n) is 4.80. The molecule has 1 saturated heterocycles. The highest BCUT2D eigenvalue weighted by atomic mass is 15.1. The minimum absolute atomic E-state index is 0.292. The van der Waals surface area contributed by atoms with Crippen molar-refractivity contribution in [1.82, 2.24) is 10.2 Å². The molecule has 1 N–H and O–H groups in total. The zero-order valence-corrected chi connectivity index (χ0v) is 14.1. The fraction of sp³-hybridized carbons (Fsp3) is 0.429. The molecule has 0 bridgehead atoms. The van der Waals surface area contributed by atoms with Crippen LogP contribution in [0.2, 0.25) is 0 Å². The largest absolute Gasteiger partial charge is 0.303 e. The van der Waals surface area contributed by atoms with Gasteiger partial charge in [-0.25, -0.2) is 0 Å². The van der Waals surface area contributed by atoms with Gasteiger partial charge in [0.05, 0.1) is 6.04 Å². The van der Waals surface area contributed by atoms with Crippen molar-refractivity contribution >= 4 is 0 Å². The SMILES string of the molecule is CCCN1CCC(NC(c2ccccc2)c2ccccc2)CC1. The summed E-state index contributed by atoms with van der Waals surface area (Å²) in [5.41, 5.74) is 2.71. The van der Waals surface area contributed by atoms with Crippen molar-refractivity contribution in [3.63, 3.8) is 0 Å². The minimum Gasteiger partial charge on any atom is -0.303 e. The molecule has 1 aliphatic rings. The van der Waals surface area contributed by atoms with Gasteiger partial charge in [0.15, 0.2) is 0 Å². The minimum atomic E-state index is 0.292. The molecule has 0 atom stereocenters. The van der Waals surface area contributed by atoms with Gasteiger partial charge in [0.1, 0.15) is 0 Å². The summed E-state index contributed by atoms with van der Waals surface area (Å²) >= 11 is 0. The van der Waals surface area contributed by atoms with Crippen LogP contribution in [0.4, 0.5) is 0 Å². The van der Waals surface area contributed by atoms with E-state index in [1.807, 2.05) is 0 Å². The van der Waals surface area contributed by atoms with E-state index in [-0.39, 0.29) is 0 Å². The lowest BCUT2D eigenvalue weighted by Gasteiger charge is -2.34. The van der Waals surface area contributed by atoms with Gasteiger partial charge in [0.25, 0.3) is 0 Å². The Kier molecular flexibility index (Phi) is 5.84. The summed E-state index contributed by atoms with van der Waals surface area (Å²) in [6.45, 7) is 5.96. The predicted molar refractivity (Wildman–Crippen MR) is 97.6 cm³/mol. The van der Waals surface area contributed by atoms with Crippen LogP contribution in [0, 0.1) is 0 Å². The molecule has 122 valence electrons. The molecule has 23 heavy (non-hydrogen) atoms. The molecule has 2 nitrogen and oxygen atoms in total. The number of nitrogens with one attached hydrogen (secondary N) is 1. The third kappa shape index (κ3) is 4.43. The van der Waals surface area contributed by atoms with E-state index >= 15 is 0 Å². The van der Waals surface area contributed by atoms with Gasteiger partial charge < -0.3 is 10.2 Å². The Morgan fingerprint density at radius 3 is 1.91 bits per heavy atom. The van der Waals surface area contributed by atoms with E-state index in [9.17, 15) is 0 Å². The van der Waals surface area contributed by atoms with Crippen LogP contribution in [0.25, 0.3) is 0 Å². The Labute approximate surface area is 140 Å². The van der Waals surface area contributed by atoms with E-state index < -0.39 is 0 Å². The first-order valence-electron chi connectivity index (χ1n) is 8.95. The van der Waals surface area contributed by atoms with Crippen LogP contribution >= 0.6 is 0 Å². The van der Waals surface area contributed by atoms with Gasteiger partial charge in [-0.15, -0.1) is 0 Å². The third-order valence-corrected chi connectivity index (χ3v) is 4.80.